The van der Waals surface area contributed by atoms with Gasteiger partial charge in [0, 0.05) is 14.1 Å². The molecule has 0 saturated heterocycles. The summed E-state index contributed by atoms with van der Waals surface area (Å²) in [6.07, 6.45) is 1.63. The van der Waals surface area contributed by atoms with Crippen molar-refractivity contribution < 1.29 is 9.53 Å². The van der Waals surface area contributed by atoms with Gasteiger partial charge in [0.25, 0.3) is 0 Å². The van der Waals surface area contributed by atoms with E-state index in [0.29, 0.717) is 5.69 Å². The van der Waals surface area contributed by atoms with Crippen LogP contribution in [0.1, 0.15) is 20.8 Å². The van der Waals surface area contributed by atoms with Crippen LogP contribution in [0.4, 0.5) is 11.5 Å². The fraction of sp³-hybridized carbons (Fsp3) is 0.538. The van der Waals surface area contributed by atoms with E-state index in [-0.39, 0.29) is 18.1 Å². The number of anilines is 2. The number of hydrogen-bond acceptors (Lipinski definition) is 4. The Labute approximate surface area is 108 Å². The maximum atomic E-state index is 11.6. The van der Waals surface area contributed by atoms with Gasteiger partial charge >= 0.3 is 0 Å². The number of ether oxygens (including phenoxy) is 1. The van der Waals surface area contributed by atoms with Crippen molar-refractivity contribution in [1.82, 2.24) is 4.98 Å². The number of nitrogens with one attached hydrogen (secondary N) is 1. The topological polar surface area (TPSA) is 54.5 Å². The van der Waals surface area contributed by atoms with Crippen molar-refractivity contribution in [3.05, 3.63) is 18.3 Å². The number of aromatic nitrogens is 1. The molecule has 0 aliphatic heterocycles. The van der Waals surface area contributed by atoms with E-state index in [9.17, 15) is 4.79 Å². The van der Waals surface area contributed by atoms with E-state index in [4.69, 9.17) is 4.74 Å². The van der Waals surface area contributed by atoms with Crippen molar-refractivity contribution in [2.45, 2.75) is 26.4 Å². The summed E-state index contributed by atoms with van der Waals surface area (Å²) < 4.78 is 5.38. The Hall–Kier alpha value is -1.62. The van der Waals surface area contributed by atoms with E-state index >= 15 is 0 Å². The molecule has 0 bridgehead atoms. The van der Waals surface area contributed by atoms with E-state index in [0.717, 1.165) is 5.82 Å². The van der Waals surface area contributed by atoms with Crippen LogP contribution < -0.4 is 10.2 Å². The zero-order valence-corrected chi connectivity index (χ0v) is 11.7. The molecule has 1 heterocycles. The minimum atomic E-state index is -0.315. The number of hydrogen-bond donors (Lipinski definition) is 1. The maximum Gasteiger partial charge on any atom is 0.250 e. The Morgan fingerprint density at radius 3 is 2.50 bits per heavy atom. The molecule has 0 aromatic carbocycles. The Morgan fingerprint density at radius 2 is 2.06 bits per heavy atom. The van der Waals surface area contributed by atoms with Crippen LogP contribution in [0.25, 0.3) is 0 Å². The molecule has 18 heavy (non-hydrogen) atoms. The van der Waals surface area contributed by atoms with Crippen LogP contribution in [0.5, 0.6) is 0 Å². The molecule has 0 radical (unpaired) electrons. The van der Waals surface area contributed by atoms with Crippen molar-refractivity contribution in [3.8, 4) is 0 Å². The molecule has 5 nitrogen and oxygen atoms in total. The van der Waals surface area contributed by atoms with Crippen molar-refractivity contribution >= 4 is 17.4 Å². The van der Waals surface area contributed by atoms with Crippen LogP contribution in [0.2, 0.25) is 0 Å². The molecule has 0 aliphatic carbocycles. The van der Waals surface area contributed by atoms with Crippen LogP contribution in [0.3, 0.4) is 0 Å². The Balaban J connectivity index is 2.50. The highest BCUT2D eigenvalue weighted by Crippen LogP contribution is 2.12. The molecule has 0 atom stereocenters. The zero-order chi connectivity index (χ0) is 13.8. The lowest BCUT2D eigenvalue weighted by molar-refractivity contribution is -0.125. The minimum Gasteiger partial charge on any atom is -0.366 e. The van der Waals surface area contributed by atoms with Gasteiger partial charge in [0.05, 0.1) is 17.5 Å². The van der Waals surface area contributed by atoms with Crippen LogP contribution >= 0.6 is 0 Å². The quantitative estimate of drug-likeness (QED) is 0.888. The van der Waals surface area contributed by atoms with Crippen LogP contribution in [0.15, 0.2) is 18.3 Å². The fourth-order valence-electron chi connectivity index (χ4n) is 1.20. The predicted molar refractivity (Wildman–Crippen MR) is 72.9 cm³/mol. The van der Waals surface area contributed by atoms with E-state index in [1.807, 2.05) is 51.9 Å². The molecular weight excluding hydrogens is 230 g/mol. The molecule has 5 heteroatoms. The summed E-state index contributed by atoms with van der Waals surface area (Å²) >= 11 is 0. The van der Waals surface area contributed by atoms with E-state index in [1.54, 1.807) is 6.20 Å². The second-order valence-corrected chi connectivity index (χ2v) is 5.25. The highest BCUT2D eigenvalue weighted by Gasteiger charge is 2.13. The summed E-state index contributed by atoms with van der Waals surface area (Å²) in [5.41, 5.74) is 0.354. The van der Waals surface area contributed by atoms with Gasteiger partial charge in [-0.1, -0.05) is 0 Å². The highest BCUT2D eigenvalue weighted by atomic mass is 16.5. The summed E-state index contributed by atoms with van der Waals surface area (Å²) in [6, 6.07) is 3.66. The monoisotopic (exact) mass is 251 g/mol. The lowest BCUT2D eigenvalue weighted by Crippen LogP contribution is -2.27. The summed E-state index contributed by atoms with van der Waals surface area (Å²) in [7, 11) is 3.83. The van der Waals surface area contributed by atoms with Crippen molar-refractivity contribution in [1.29, 1.82) is 0 Å². The highest BCUT2D eigenvalue weighted by molar-refractivity contribution is 5.91. The molecule has 0 fully saturated rings. The molecule has 1 amide bonds. The number of nitrogens with zero attached hydrogens (tertiary/aromatic N) is 2. The molecule has 100 valence electrons. The minimum absolute atomic E-state index is 0.0406. The van der Waals surface area contributed by atoms with E-state index in [1.165, 1.54) is 0 Å². The largest absolute Gasteiger partial charge is 0.366 e. The van der Waals surface area contributed by atoms with Crippen molar-refractivity contribution in [2.24, 2.45) is 0 Å². The first kappa shape index (κ1) is 14.4. The van der Waals surface area contributed by atoms with Crippen molar-refractivity contribution in [3.63, 3.8) is 0 Å². The number of pyridine rings is 1. The number of rotatable bonds is 4. The molecule has 1 aromatic rings. The SMILES string of the molecule is CN(C)c1ccc(NC(=O)COC(C)(C)C)cn1. The Kier molecular flexibility index (Phi) is 4.67. The molecule has 1 aromatic heterocycles. The Bertz CT molecular complexity index is 394. The van der Waals surface area contributed by atoms with E-state index < -0.39 is 0 Å². The van der Waals surface area contributed by atoms with Gasteiger partial charge in [0.1, 0.15) is 12.4 Å². The third kappa shape index (κ3) is 5.14. The smallest absolute Gasteiger partial charge is 0.250 e. The number of carbonyl (C=O) groups is 1. The summed E-state index contributed by atoms with van der Waals surface area (Å²) in [5, 5.41) is 2.74. The lowest BCUT2D eigenvalue weighted by Gasteiger charge is -2.19. The average molecular weight is 251 g/mol. The van der Waals surface area contributed by atoms with Gasteiger partial charge in [-0.05, 0) is 32.9 Å². The van der Waals surface area contributed by atoms with Crippen LogP contribution in [-0.4, -0.2) is 37.2 Å². The van der Waals surface area contributed by atoms with Gasteiger partial charge in [-0.15, -0.1) is 0 Å². The summed E-state index contributed by atoms with van der Waals surface area (Å²) in [4.78, 5) is 17.7. The van der Waals surface area contributed by atoms with Gasteiger partial charge < -0.3 is 15.0 Å². The number of carbonyl (C=O) groups excluding carboxylic acids is 1. The molecular formula is C13H21N3O2. The van der Waals surface area contributed by atoms with E-state index in [2.05, 4.69) is 10.3 Å². The fourth-order valence-corrected chi connectivity index (χ4v) is 1.20. The van der Waals surface area contributed by atoms with Crippen molar-refractivity contribution in [2.75, 3.05) is 30.9 Å². The third-order valence-corrected chi connectivity index (χ3v) is 2.13. The second-order valence-electron chi connectivity index (χ2n) is 5.25. The second kappa shape index (κ2) is 5.82. The third-order valence-electron chi connectivity index (χ3n) is 2.13. The standard InChI is InChI=1S/C13H21N3O2/c1-13(2,3)18-9-12(17)15-10-6-7-11(14-8-10)16(4)5/h6-8H,9H2,1-5H3,(H,15,17). The lowest BCUT2D eigenvalue weighted by atomic mass is 10.2. The normalized spacial score (nSPS) is 11.2. The Morgan fingerprint density at radius 1 is 1.39 bits per heavy atom. The first-order chi connectivity index (χ1) is 8.28. The molecule has 1 rings (SSSR count). The summed E-state index contributed by atoms with van der Waals surface area (Å²) in [5.74, 6) is 0.670. The van der Waals surface area contributed by atoms with Gasteiger partial charge in [0.2, 0.25) is 5.91 Å². The first-order valence-corrected chi connectivity index (χ1v) is 5.85. The molecule has 1 N–H and O–H groups in total. The van der Waals surface area contributed by atoms with Gasteiger partial charge in [-0.2, -0.15) is 0 Å². The molecule has 0 saturated carbocycles. The van der Waals surface area contributed by atoms with Gasteiger partial charge in [-0.3, -0.25) is 4.79 Å². The van der Waals surface area contributed by atoms with Crippen LogP contribution in [0, 0.1) is 0 Å². The van der Waals surface area contributed by atoms with Gasteiger partial charge in [0.15, 0.2) is 0 Å². The van der Waals surface area contributed by atoms with Gasteiger partial charge in [-0.25, -0.2) is 4.98 Å². The number of amides is 1. The average Bonchev–Trinajstić information content (AvgIpc) is 2.26. The molecule has 0 aliphatic rings. The molecule has 0 unspecified atom stereocenters. The zero-order valence-electron chi connectivity index (χ0n) is 11.7. The molecule has 0 spiro atoms. The maximum absolute atomic E-state index is 11.6. The summed E-state index contributed by atoms with van der Waals surface area (Å²) in [6.45, 7) is 5.77. The first-order valence-electron chi connectivity index (χ1n) is 5.85. The van der Waals surface area contributed by atoms with Crippen LogP contribution in [-0.2, 0) is 9.53 Å². The predicted octanol–water partition coefficient (Wildman–Crippen LogP) is 1.90.